The Morgan fingerprint density at radius 3 is 3.21 bits per heavy atom. The van der Waals surface area contributed by atoms with Gasteiger partial charge in [-0.2, -0.15) is 5.10 Å². The van der Waals surface area contributed by atoms with Crippen LogP contribution in [0.1, 0.15) is 0 Å². The zero-order valence-electron chi connectivity index (χ0n) is 7.93. The van der Waals surface area contributed by atoms with Crippen molar-refractivity contribution in [2.45, 2.75) is 5.16 Å². The van der Waals surface area contributed by atoms with Crippen LogP contribution in [0.5, 0.6) is 0 Å². The molecule has 0 atom stereocenters. The molecule has 0 aromatic carbocycles. The third kappa shape index (κ3) is 3.21. The van der Waals surface area contributed by atoms with Crippen LogP contribution in [0.2, 0.25) is 0 Å². The van der Waals surface area contributed by atoms with Crippen LogP contribution in [-0.4, -0.2) is 33.0 Å². The van der Waals surface area contributed by atoms with E-state index in [1.165, 1.54) is 18.1 Å². The molecule has 1 rings (SSSR count). The number of aromatic nitrogens is 3. The van der Waals surface area contributed by atoms with E-state index < -0.39 is 0 Å². The summed E-state index contributed by atoms with van der Waals surface area (Å²) in [5.41, 5.74) is 0. The van der Waals surface area contributed by atoms with E-state index >= 15 is 0 Å². The van der Waals surface area contributed by atoms with Crippen molar-refractivity contribution in [2.24, 2.45) is 7.05 Å². The standard InChI is InChI=1S/C8H12N4OS/c1-3-4-9-7(13)5-14-8-10-6-11-12(8)2/h3,6H,1,4-5H2,2H3,(H,9,13). The zero-order chi connectivity index (χ0) is 10.4. The Morgan fingerprint density at radius 2 is 2.64 bits per heavy atom. The van der Waals surface area contributed by atoms with E-state index in [1.54, 1.807) is 17.8 Å². The number of nitrogens with zero attached hydrogens (tertiary/aromatic N) is 3. The molecule has 1 heterocycles. The van der Waals surface area contributed by atoms with Gasteiger partial charge in [-0.3, -0.25) is 4.79 Å². The Hall–Kier alpha value is -1.30. The summed E-state index contributed by atoms with van der Waals surface area (Å²) in [6, 6.07) is 0. The number of aryl methyl sites for hydroxylation is 1. The first-order chi connectivity index (χ1) is 6.74. The Labute approximate surface area is 86.6 Å². The fourth-order valence-electron chi connectivity index (χ4n) is 0.783. The first-order valence-corrected chi connectivity index (χ1v) is 5.07. The molecule has 1 aromatic heterocycles. The van der Waals surface area contributed by atoms with E-state index in [9.17, 15) is 4.79 Å². The van der Waals surface area contributed by atoms with Crippen LogP contribution in [0.3, 0.4) is 0 Å². The number of hydrogen-bond acceptors (Lipinski definition) is 4. The van der Waals surface area contributed by atoms with Gasteiger partial charge in [-0.25, -0.2) is 9.67 Å². The molecule has 0 aliphatic heterocycles. The van der Waals surface area contributed by atoms with Crippen molar-refractivity contribution in [3.05, 3.63) is 19.0 Å². The molecule has 1 amide bonds. The lowest BCUT2D eigenvalue weighted by atomic mass is 10.6. The van der Waals surface area contributed by atoms with Crippen LogP contribution < -0.4 is 5.32 Å². The number of carbonyl (C=O) groups excluding carboxylic acids is 1. The van der Waals surface area contributed by atoms with Gasteiger partial charge in [0.15, 0.2) is 5.16 Å². The number of nitrogens with one attached hydrogen (secondary N) is 1. The summed E-state index contributed by atoms with van der Waals surface area (Å²) in [6.45, 7) is 4.01. The number of rotatable bonds is 5. The van der Waals surface area contributed by atoms with Gasteiger partial charge >= 0.3 is 0 Å². The molecule has 5 nitrogen and oxygen atoms in total. The highest BCUT2D eigenvalue weighted by molar-refractivity contribution is 7.99. The molecule has 0 unspecified atom stereocenters. The molecule has 1 N–H and O–H groups in total. The van der Waals surface area contributed by atoms with E-state index in [-0.39, 0.29) is 5.91 Å². The summed E-state index contributed by atoms with van der Waals surface area (Å²) < 4.78 is 1.63. The molecule has 1 aromatic rings. The second-order valence-corrected chi connectivity index (χ2v) is 3.49. The second-order valence-electron chi connectivity index (χ2n) is 2.55. The van der Waals surface area contributed by atoms with Crippen LogP contribution in [0, 0.1) is 0 Å². The second kappa shape index (κ2) is 5.43. The minimum atomic E-state index is -0.0297. The fourth-order valence-corrected chi connectivity index (χ4v) is 1.50. The van der Waals surface area contributed by atoms with Gasteiger partial charge in [-0.1, -0.05) is 17.8 Å². The third-order valence-electron chi connectivity index (χ3n) is 1.45. The predicted molar refractivity (Wildman–Crippen MR) is 54.9 cm³/mol. The maximum atomic E-state index is 11.2. The summed E-state index contributed by atoms with van der Waals surface area (Å²) in [5.74, 6) is 0.318. The minimum Gasteiger partial charge on any atom is -0.352 e. The maximum Gasteiger partial charge on any atom is 0.230 e. The lowest BCUT2D eigenvalue weighted by molar-refractivity contribution is -0.118. The molecule has 0 aliphatic rings. The molecular formula is C8H12N4OS. The van der Waals surface area contributed by atoms with Gasteiger partial charge < -0.3 is 5.32 Å². The van der Waals surface area contributed by atoms with Crippen LogP contribution >= 0.6 is 11.8 Å². The molecule has 0 bridgehead atoms. The highest BCUT2D eigenvalue weighted by Gasteiger charge is 2.05. The van der Waals surface area contributed by atoms with E-state index in [0.717, 1.165) is 5.16 Å². The Morgan fingerprint density at radius 1 is 1.86 bits per heavy atom. The van der Waals surface area contributed by atoms with Gasteiger partial charge in [-0.05, 0) is 0 Å². The topological polar surface area (TPSA) is 59.8 Å². The number of thioether (sulfide) groups is 1. The van der Waals surface area contributed by atoms with Crippen molar-refractivity contribution >= 4 is 17.7 Å². The first kappa shape index (κ1) is 10.8. The molecule has 0 spiro atoms. The van der Waals surface area contributed by atoms with Crippen LogP contribution in [0.25, 0.3) is 0 Å². The summed E-state index contributed by atoms with van der Waals surface area (Å²) in [6.07, 6.45) is 3.11. The zero-order valence-corrected chi connectivity index (χ0v) is 8.75. The summed E-state index contributed by atoms with van der Waals surface area (Å²) >= 11 is 1.36. The average Bonchev–Trinajstić information content (AvgIpc) is 2.58. The third-order valence-corrected chi connectivity index (χ3v) is 2.48. The van der Waals surface area contributed by atoms with Crippen molar-refractivity contribution in [3.8, 4) is 0 Å². The van der Waals surface area contributed by atoms with Gasteiger partial charge in [0.2, 0.25) is 5.91 Å². The lowest BCUT2D eigenvalue weighted by Crippen LogP contribution is -2.25. The van der Waals surface area contributed by atoms with E-state index in [4.69, 9.17) is 0 Å². The summed E-state index contributed by atoms with van der Waals surface area (Å²) in [5, 5.41) is 7.31. The molecule has 0 saturated carbocycles. The molecule has 76 valence electrons. The van der Waals surface area contributed by atoms with Gasteiger partial charge in [0, 0.05) is 13.6 Å². The highest BCUT2D eigenvalue weighted by atomic mass is 32.2. The molecule has 6 heteroatoms. The van der Waals surface area contributed by atoms with Crippen LogP contribution in [0.15, 0.2) is 24.1 Å². The monoisotopic (exact) mass is 212 g/mol. The Balaban J connectivity index is 2.30. The number of amides is 1. The highest BCUT2D eigenvalue weighted by Crippen LogP contribution is 2.11. The largest absolute Gasteiger partial charge is 0.352 e. The van der Waals surface area contributed by atoms with Crippen molar-refractivity contribution in [2.75, 3.05) is 12.3 Å². The number of carbonyl (C=O) groups is 1. The summed E-state index contributed by atoms with van der Waals surface area (Å²) in [4.78, 5) is 15.2. The fraction of sp³-hybridized carbons (Fsp3) is 0.375. The average molecular weight is 212 g/mol. The molecule has 0 aliphatic carbocycles. The van der Waals surface area contributed by atoms with Gasteiger partial charge in [0.1, 0.15) is 6.33 Å². The summed E-state index contributed by atoms with van der Waals surface area (Å²) in [7, 11) is 1.79. The normalized spacial score (nSPS) is 9.79. The molecular weight excluding hydrogens is 200 g/mol. The molecule has 0 fully saturated rings. The Bertz CT molecular complexity index is 323. The van der Waals surface area contributed by atoms with E-state index in [0.29, 0.717) is 12.3 Å². The SMILES string of the molecule is C=CCNC(=O)CSc1ncnn1C. The Kier molecular flexibility index (Phi) is 4.18. The van der Waals surface area contributed by atoms with Gasteiger partial charge in [0.25, 0.3) is 0 Å². The van der Waals surface area contributed by atoms with Crippen molar-refractivity contribution in [3.63, 3.8) is 0 Å². The minimum absolute atomic E-state index is 0.0297. The van der Waals surface area contributed by atoms with Gasteiger partial charge in [0.05, 0.1) is 5.75 Å². The van der Waals surface area contributed by atoms with E-state index in [1.807, 2.05) is 0 Å². The smallest absolute Gasteiger partial charge is 0.230 e. The molecule has 0 radical (unpaired) electrons. The van der Waals surface area contributed by atoms with Crippen LogP contribution in [-0.2, 0) is 11.8 Å². The van der Waals surface area contributed by atoms with Crippen molar-refractivity contribution < 1.29 is 4.79 Å². The quantitative estimate of drug-likeness (QED) is 0.560. The van der Waals surface area contributed by atoms with Crippen molar-refractivity contribution in [1.82, 2.24) is 20.1 Å². The number of hydrogen-bond donors (Lipinski definition) is 1. The lowest BCUT2D eigenvalue weighted by Gasteiger charge is -2.01. The van der Waals surface area contributed by atoms with E-state index in [2.05, 4.69) is 22.0 Å². The predicted octanol–water partition coefficient (Wildman–Crippen LogP) is 0.209. The maximum absolute atomic E-state index is 11.2. The van der Waals surface area contributed by atoms with Gasteiger partial charge in [-0.15, -0.1) is 6.58 Å². The molecule has 0 saturated heterocycles. The van der Waals surface area contributed by atoms with Crippen LogP contribution in [0.4, 0.5) is 0 Å². The molecule has 14 heavy (non-hydrogen) atoms. The first-order valence-electron chi connectivity index (χ1n) is 4.08. The van der Waals surface area contributed by atoms with Crippen molar-refractivity contribution in [1.29, 1.82) is 0 Å².